The molecule has 0 aromatic heterocycles. The van der Waals surface area contributed by atoms with Crippen LogP contribution in [0.5, 0.6) is 0 Å². The average Bonchev–Trinajstić information content (AvgIpc) is 2.47. The summed E-state index contributed by atoms with van der Waals surface area (Å²) in [5.74, 6) is 0.826. The molecule has 0 bridgehead atoms. The summed E-state index contributed by atoms with van der Waals surface area (Å²) in [6.07, 6.45) is 9.75. The molecule has 0 heterocycles. The molecule has 1 saturated carbocycles. The van der Waals surface area contributed by atoms with E-state index in [1.807, 2.05) is 0 Å². The van der Waals surface area contributed by atoms with E-state index in [0.29, 0.717) is 6.10 Å². The molecule has 20 heavy (non-hydrogen) atoms. The van der Waals surface area contributed by atoms with Crippen molar-refractivity contribution in [1.82, 2.24) is 5.32 Å². The van der Waals surface area contributed by atoms with E-state index in [9.17, 15) is 5.11 Å². The summed E-state index contributed by atoms with van der Waals surface area (Å²) >= 11 is 0. The fraction of sp³-hybridized carbons (Fsp3) is 1.00. The number of nitrogens with one attached hydrogen (secondary N) is 1. The zero-order valence-electron chi connectivity index (χ0n) is 13.8. The topological polar surface area (TPSA) is 41.5 Å². The van der Waals surface area contributed by atoms with Crippen LogP contribution in [0.2, 0.25) is 0 Å². The maximum absolute atomic E-state index is 9.68. The molecule has 1 fully saturated rings. The zero-order valence-corrected chi connectivity index (χ0v) is 13.8. The molecule has 0 aromatic carbocycles. The molecule has 1 aliphatic rings. The van der Waals surface area contributed by atoms with Crippen LogP contribution >= 0.6 is 0 Å². The summed E-state index contributed by atoms with van der Waals surface area (Å²) in [5.41, 5.74) is -0.0980. The molecular weight excluding hydrogens is 250 g/mol. The molecular formula is C17H35NO2. The molecule has 0 saturated heterocycles. The molecule has 3 nitrogen and oxygen atoms in total. The van der Waals surface area contributed by atoms with Gasteiger partial charge in [-0.05, 0) is 51.0 Å². The first-order valence-corrected chi connectivity index (χ1v) is 8.63. The van der Waals surface area contributed by atoms with Gasteiger partial charge in [-0.2, -0.15) is 0 Å². The van der Waals surface area contributed by atoms with E-state index in [1.54, 1.807) is 0 Å². The summed E-state index contributed by atoms with van der Waals surface area (Å²) in [5, 5.41) is 13.2. The quantitative estimate of drug-likeness (QED) is 0.604. The van der Waals surface area contributed by atoms with Crippen LogP contribution in [-0.2, 0) is 4.74 Å². The van der Waals surface area contributed by atoms with Crippen molar-refractivity contribution >= 4 is 0 Å². The predicted molar refractivity (Wildman–Crippen MR) is 85.0 cm³/mol. The minimum absolute atomic E-state index is 0.0980. The molecule has 1 aliphatic carbocycles. The van der Waals surface area contributed by atoms with Gasteiger partial charge in [0.1, 0.15) is 0 Å². The van der Waals surface area contributed by atoms with Gasteiger partial charge in [0, 0.05) is 12.1 Å². The third kappa shape index (κ3) is 6.11. The maximum atomic E-state index is 9.68. The summed E-state index contributed by atoms with van der Waals surface area (Å²) < 4.78 is 6.03. The first kappa shape index (κ1) is 17.9. The summed E-state index contributed by atoms with van der Waals surface area (Å²) in [6.45, 7) is 8.70. The van der Waals surface area contributed by atoms with Gasteiger partial charge in [-0.25, -0.2) is 0 Å². The van der Waals surface area contributed by atoms with E-state index in [1.165, 1.54) is 25.7 Å². The molecule has 0 amide bonds. The Labute approximate surface area is 125 Å². The van der Waals surface area contributed by atoms with Gasteiger partial charge in [0.05, 0.1) is 12.7 Å². The third-order valence-corrected chi connectivity index (χ3v) is 4.77. The van der Waals surface area contributed by atoms with E-state index in [0.717, 1.165) is 44.8 Å². The number of hydrogen-bond acceptors (Lipinski definition) is 3. The van der Waals surface area contributed by atoms with Crippen molar-refractivity contribution in [3.05, 3.63) is 0 Å². The smallest absolute Gasteiger partial charge is 0.0613 e. The van der Waals surface area contributed by atoms with Crippen LogP contribution in [0.1, 0.15) is 72.1 Å². The fourth-order valence-corrected chi connectivity index (χ4v) is 3.22. The molecule has 3 unspecified atom stereocenters. The van der Waals surface area contributed by atoms with E-state index < -0.39 is 0 Å². The summed E-state index contributed by atoms with van der Waals surface area (Å²) in [6, 6.07) is 0. The number of ether oxygens (including phenoxy) is 1. The van der Waals surface area contributed by atoms with Crippen LogP contribution in [0, 0.1) is 5.92 Å². The van der Waals surface area contributed by atoms with Gasteiger partial charge in [-0.1, -0.05) is 33.6 Å². The molecule has 120 valence electrons. The molecule has 3 atom stereocenters. The number of aliphatic hydroxyl groups is 1. The lowest BCUT2D eigenvalue weighted by Crippen LogP contribution is -2.48. The van der Waals surface area contributed by atoms with E-state index in [4.69, 9.17) is 4.74 Å². The van der Waals surface area contributed by atoms with Gasteiger partial charge in [0.25, 0.3) is 0 Å². The molecule has 0 aromatic rings. The Morgan fingerprint density at radius 1 is 1.30 bits per heavy atom. The van der Waals surface area contributed by atoms with Gasteiger partial charge in [0.2, 0.25) is 0 Å². The van der Waals surface area contributed by atoms with Crippen molar-refractivity contribution < 1.29 is 9.84 Å². The first-order valence-electron chi connectivity index (χ1n) is 8.63. The minimum Gasteiger partial charge on any atom is -0.394 e. The lowest BCUT2D eigenvalue weighted by molar-refractivity contribution is 0.00928. The van der Waals surface area contributed by atoms with Crippen molar-refractivity contribution in [3.63, 3.8) is 0 Å². The Balaban J connectivity index is 2.22. The fourth-order valence-electron chi connectivity index (χ4n) is 3.22. The van der Waals surface area contributed by atoms with Gasteiger partial charge in [0.15, 0.2) is 0 Å². The average molecular weight is 285 g/mol. The Kier molecular flexibility index (Phi) is 8.74. The standard InChI is InChI=1S/C17H35NO2/c1-4-11-18-17(5-2,14-19)10-7-12-20-16-9-6-8-15(3)13-16/h15-16,18-19H,4-14H2,1-3H3. The molecule has 0 spiro atoms. The van der Waals surface area contributed by atoms with E-state index in [2.05, 4.69) is 26.1 Å². The van der Waals surface area contributed by atoms with Crippen molar-refractivity contribution in [1.29, 1.82) is 0 Å². The highest BCUT2D eigenvalue weighted by Gasteiger charge is 2.26. The third-order valence-electron chi connectivity index (χ3n) is 4.77. The SMILES string of the molecule is CCCNC(CC)(CO)CCCOC1CCCC(C)C1. The van der Waals surface area contributed by atoms with E-state index in [-0.39, 0.29) is 12.1 Å². The Hall–Kier alpha value is -0.120. The van der Waals surface area contributed by atoms with E-state index >= 15 is 0 Å². The van der Waals surface area contributed by atoms with Gasteiger partial charge < -0.3 is 15.2 Å². The lowest BCUT2D eigenvalue weighted by atomic mass is 9.88. The van der Waals surface area contributed by atoms with Crippen LogP contribution in [0.15, 0.2) is 0 Å². The first-order chi connectivity index (χ1) is 9.65. The molecule has 0 aliphatic heterocycles. The lowest BCUT2D eigenvalue weighted by Gasteiger charge is -2.33. The zero-order chi connectivity index (χ0) is 14.8. The Morgan fingerprint density at radius 3 is 2.70 bits per heavy atom. The Bertz CT molecular complexity index is 241. The van der Waals surface area contributed by atoms with Gasteiger partial charge in [-0.15, -0.1) is 0 Å². The highest BCUT2D eigenvalue weighted by atomic mass is 16.5. The van der Waals surface area contributed by atoms with Crippen LogP contribution in [0.25, 0.3) is 0 Å². The van der Waals surface area contributed by atoms with Crippen LogP contribution in [0.3, 0.4) is 0 Å². The van der Waals surface area contributed by atoms with Crippen LogP contribution in [0.4, 0.5) is 0 Å². The normalized spacial score (nSPS) is 26.4. The predicted octanol–water partition coefficient (Wildman–Crippen LogP) is 3.50. The Morgan fingerprint density at radius 2 is 2.10 bits per heavy atom. The van der Waals surface area contributed by atoms with Crippen LogP contribution in [-0.4, -0.2) is 36.5 Å². The minimum atomic E-state index is -0.0980. The molecule has 2 N–H and O–H groups in total. The maximum Gasteiger partial charge on any atom is 0.0613 e. The molecule has 3 heteroatoms. The number of rotatable bonds is 10. The largest absolute Gasteiger partial charge is 0.394 e. The van der Waals surface area contributed by atoms with Crippen molar-refractivity contribution in [2.75, 3.05) is 19.8 Å². The van der Waals surface area contributed by atoms with Gasteiger partial charge >= 0.3 is 0 Å². The molecule has 1 rings (SSSR count). The van der Waals surface area contributed by atoms with Crippen molar-refractivity contribution in [2.45, 2.75) is 83.8 Å². The van der Waals surface area contributed by atoms with Crippen molar-refractivity contribution in [3.8, 4) is 0 Å². The second kappa shape index (κ2) is 9.75. The summed E-state index contributed by atoms with van der Waals surface area (Å²) in [4.78, 5) is 0. The highest BCUT2D eigenvalue weighted by molar-refractivity contribution is 4.85. The second-order valence-electron chi connectivity index (χ2n) is 6.59. The van der Waals surface area contributed by atoms with Gasteiger partial charge in [-0.3, -0.25) is 0 Å². The number of aliphatic hydroxyl groups excluding tert-OH is 1. The molecule has 0 radical (unpaired) electrons. The highest BCUT2D eigenvalue weighted by Crippen LogP contribution is 2.26. The summed E-state index contributed by atoms with van der Waals surface area (Å²) in [7, 11) is 0. The monoisotopic (exact) mass is 285 g/mol. The van der Waals surface area contributed by atoms with Crippen molar-refractivity contribution in [2.24, 2.45) is 5.92 Å². The van der Waals surface area contributed by atoms with Crippen LogP contribution < -0.4 is 5.32 Å². The second-order valence-corrected chi connectivity index (χ2v) is 6.59. The number of hydrogen-bond donors (Lipinski definition) is 2.